The highest BCUT2D eigenvalue weighted by molar-refractivity contribution is 14.0. The average molecular weight is 546 g/mol. The monoisotopic (exact) mass is 545 g/mol. The summed E-state index contributed by atoms with van der Waals surface area (Å²) in [5.74, 6) is 1.91. The van der Waals surface area contributed by atoms with Crippen molar-refractivity contribution in [2.45, 2.75) is 71.2 Å². The molecule has 1 N–H and O–H groups in total. The van der Waals surface area contributed by atoms with E-state index in [9.17, 15) is 0 Å². The van der Waals surface area contributed by atoms with Gasteiger partial charge < -0.3 is 24.4 Å². The third-order valence-electron chi connectivity index (χ3n) is 5.79. The molecule has 2 saturated heterocycles. The summed E-state index contributed by atoms with van der Waals surface area (Å²) in [7, 11) is 0. The zero-order valence-electron chi connectivity index (χ0n) is 19.3. The van der Waals surface area contributed by atoms with E-state index in [1.165, 1.54) is 12.8 Å². The number of hydrogen-bond donors (Lipinski definition) is 1. The van der Waals surface area contributed by atoms with Gasteiger partial charge in [-0.2, -0.15) is 0 Å². The Labute approximate surface area is 205 Å². The molecule has 0 bridgehead atoms. The highest BCUT2D eigenvalue weighted by atomic mass is 127. The first kappa shape index (κ1) is 26.2. The largest absolute Gasteiger partial charge is 0.489 e. The Hall–Kier alpha value is -1.06. The summed E-state index contributed by atoms with van der Waals surface area (Å²) in [4.78, 5) is 7.20. The molecule has 2 atom stereocenters. The number of rotatable bonds is 8. The number of nitrogens with zero attached hydrogens (tertiary/aromatic N) is 2. The molecule has 0 amide bonds. The van der Waals surface area contributed by atoms with Crippen LogP contribution in [0.15, 0.2) is 29.3 Å². The van der Waals surface area contributed by atoms with Gasteiger partial charge in [0.15, 0.2) is 5.96 Å². The van der Waals surface area contributed by atoms with Crippen molar-refractivity contribution in [3.05, 3.63) is 29.8 Å². The van der Waals surface area contributed by atoms with E-state index >= 15 is 0 Å². The summed E-state index contributed by atoms with van der Waals surface area (Å²) in [6, 6.07) is 8.13. The first-order chi connectivity index (χ1) is 14.7. The van der Waals surface area contributed by atoms with Gasteiger partial charge >= 0.3 is 0 Å². The summed E-state index contributed by atoms with van der Waals surface area (Å²) in [6.45, 7) is 11.3. The van der Waals surface area contributed by atoms with Crippen LogP contribution in [0.2, 0.25) is 0 Å². The van der Waals surface area contributed by atoms with Gasteiger partial charge in [0, 0.05) is 26.2 Å². The lowest BCUT2D eigenvalue weighted by Gasteiger charge is -2.35. The topological polar surface area (TPSA) is 55.3 Å². The summed E-state index contributed by atoms with van der Waals surface area (Å²) in [5, 5.41) is 3.44. The Balaban J connectivity index is 0.00000341. The molecular formula is C24H40IN3O3. The van der Waals surface area contributed by atoms with Crippen molar-refractivity contribution >= 4 is 29.9 Å². The van der Waals surface area contributed by atoms with Crippen molar-refractivity contribution in [1.82, 2.24) is 10.2 Å². The highest BCUT2D eigenvalue weighted by Gasteiger charge is 2.24. The minimum Gasteiger partial charge on any atom is -0.489 e. The van der Waals surface area contributed by atoms with Crippen LogP contribution < -0.4 is 10.1 Å². The predicted molar refractivity (Wildman–Crippen MR) is 137 cm³/mol. The van der Waals surface area contributed by atoms with Gasteiger partial charge in [0.1, 0.15) is 11.9 Å². The maximum atomic E-state index is 6.15. The van der Waals surface area contributed by atoms with Gasteiger partial charge in [0.25, 0.3) is 0 Å². The minimum absolute atomic E-state index is 0. The Morgan fingerprint density at radius 3 is 2.68 bits per heavy atom. The highest BCUT2D eigenvalue weighted by Crippen LogP contribution is 2.19. The van der Waals surface area contributed by atoms with E-state index in [4.69, 9.17) is 19.2 Å². The summed E-state index contributed by atoms with van der Waals surface area (Å²) in [5.41, 5.74) is 1.15. The molecule has 2 fully saturated rings. The predicted octanol–water partition coefficient (Wildman–Crippen LogP) is 4.40. The lowest BCUT2D eigenvalue weighted by atomic mass is 10.1. The molecule has 7 heteroatoms. The van der Waals surface area contributed by atoms with E-state index in [1.54, 1.807) is 0 Å². The van der Waals surface area contributed by atoms with Gasteiger partial charge in [-0.1, -0.05) is 18.2 Å². The van der Waals surface area contributed by atoms with Crippen molar-refractivity contribution in [2.24, 2.45) is 4.99 Å². The summed E-state index contributed by atoms with van der Waals surface area (Å²) in [6.07, 6.45) is 6.31. The molecule has 2 heterocycles. The number of likely N-dealkylation sites (tertiary alicyclic amines) is 1. The molecule has 1 aromatic carbocycles. The van der Waals surface area contributed by atoms with Gasteiger partial charge in [0.05, 0.1) is 25.4 Å². The number of benzene rings is 1. The first-order valence-electron chi connectivity index (χ1n) is 11.6. The van der Waals surface area contributed by atoms with Gasteiger partial charge in [-0.05, 0) is 64.5 Å². The third kappa shape index (κ3) is 8.77. The first-order valence-corrected chi connectivity index (χ1v) is 11.6. The van der Waals surface area contributed by atoms with Crippen LogP contribution in [-0.2, 0) is 9.47 Å². The van der Waals surface area contributed by atoms with Crippen LogP contribution in [0.4, 0.5) is 0 Å². The van der Waals surface area contributed by atoms with Gasteiger partial charge in [-0.25, -0.2) is 4.99 Å². The molecule has 2 aliphatic rings. The lowest BCUT2D eigenvalue weighted by molar-refractivity contribution is -0.0721. The third-order valence-corrected chi connectivity index (χ3v) is 5.79. The summed E-state index contributed by atoms with van der Waals surface area (Å²) >= 11 is 0. The fraction of sp³-hybridized carbons (Fsp3) is 0.708. The average Bonchev–Trinajstić information content (AvgIpc) is 2.78. The molecule has 0 radical (unpaired) electrons. The molecule has 176 valence electrons. The molecule has 3 rings (SSSR count). The van der Waals surface area contributed by atoms with Crippen LogP contribution in [0.1, 0.15) is 51.5 Å². The smallest absolute Gasteiger partial charge is 0.194 e. The number of para-hydroxylation sites is 1. The molecular weight excluding hydrogens is 505 g/mol. The number of ether oxygens (including phenoxy) is 3. The van der Waals surface area contributed by atoms with Crippen LogP contribution in [-0.4, -0.2) is 68.6 Å². The van der Waals surface area contributed by atoms with Crippen LogP contribution >= 0.6 is 24.0 Å². The van der Waals surface area contributed by atoms with E-state index in [1.807, 2.05) is 18.2 Å². The number of aryl methyl sites for hydroxylation is 1. The minimum atomic E-state index is 0. The fourth-order valence-corrected chi connectivity index (χ4v) is 4.00. The van der Waals surface area contributed by atoms with E-state index in [0.29, 0.717) is 18.8 Å². The molecule has 0 aliphatic carbocycles. The molecule has 0 aromatic heterocycles. The van der Waals surface area contributed by atoms with Gasteiger partial charge in [-0.3, -0.25) is 0 Å². The Bertz CT molecular complexity index is 659. The Morgan fingerprint density at radius 1 is 1.23 bits per heavy atom. The van der Waals surface area contributed by atoms with E-state index < -0.39 is 0 Å². The molecule has 0 saturated carbocycles. The van der Waals surface area contributed by atoms with Crippen LogP contribution in [0.25, 0.3) is 0 Å². The molecule has 0 spiro atoms. The van der Waals surface area contributed by atoms with Crippen molar-refractivity contribution in [3.8, 4) is 5.75 Å². The zero-order chi connectivity index (χ0) is 21.2. The van der Waals surface area contributed by atoms with E-state index in [-0.39, 0.29) is 30.1 Å². The van der Waals surface area contributed by atoms with Gasteiger partial charge in [-0.15, -0.1) is 24.0 Å². The number of piperidine rings is 1. The number of hydrogen-bond acceptors (Lipinski definition) is 4. The van der Waals surface area contributed by atoms with Crippen molar-refractivity contribution in [3.63, 3.8) is 0 Å². The SMILES string of the molecule is CCNC(=NCC(C)Oc1ccccc1C)N1CCC(OCC2CCCCO2)CC1.I. The maximum absolute atomic E-state index is 6.15. The van der Waals surface area contributed by atoms with Gasteiger partial charge in [0.2, 0.25) is 0 Å². The zero-order valence-corrected chi connectivity index (χ0v) is 21.7. The standard InChI is InChI=1S/C24H39N3O3.HI/c1-4-25-24(26-17-20(3)30-23-11-6-5-9-19(23)2)27-14-12-21(13-15-27)29-18-22-10-7-8-16-28-22;/h5-6,9,11,20-22H,4,7-8,10,12-18H2,1-3H3,(H,25,26);1H. The normalized spacial score (nSPS) is 21.3. The van der Waals surface area contributed by atoms with Crippen LogP contribution in [0.3, 0.4) is 0 Å². The Morgan fingerprint density at radius 2 is 2.00 bits per heavy atom. The molecule has 6 nitrogen and oxygen atoms in total. The number of halogens is 1. The lowest BCUT2D eigenvalue weighted by Crippen LogP contribution is -2.47. The molecule has 31 heavy (non-hydrogen) atoms. The Kier molecular flexibility index (Phi) is 12.0. The van der Waals surface area contributed by atoms with Crippen LogP contribution in [0.5, 0.6) is 5.75 Å². The van der Waals surface area contributed by atoms with E-state index in [0.717, 1.165) is 69.4 Å². The molecule has 2 unspecified atom stereocenters. The second kappa shape index (κ2) is 14.2. The summed E-state index contributed by atoms with van der Waals surface area (Å²) < 4.78 is 18.0. The van der Waals surface area contributed by atoms with E-state index in [2.05, 4.69) is 37.1 Å². The quantitative estimate of drug-likeness (QED) is 0.298. The number of aliphatic imine (C=N–C) groups is 1. The fourth-order valence-electron chi connectivity index (χ4n) is 4.00. The second-order valence-corrected chi connectivity index (χ2v) is 8.40. The maximum Gasteiger partial charge on any atom is 0.194 e. The molecule has 2 aliphatic heterocycles. The number of guanidine groups is 1. The van der Waals surface area contributed by atoms with Crippen molar-refractivity contribution < 1.29 is 14.2 Å². The van der Waals surface area contributed by atoms with Crippen LogP contribution in [0, 0.1) is 6.92 Å². The molecule has 1 aromatic rings. The van der Waals surface area contributed by atoms with Crippen molar-refractivity contribution in [2.75, 3.05) is 39.4 Å². The van der Waals surface area contributed by atoms with Crippen molar-refractivity contribution in [1.29, 1.82) is 0 Å². The second-order valence-electron chi connectivity index (χ2n) is 8.40. The number of nitrogens with one attached hydrogen (secondary N) is 1.